The SMILES string of the molecule is CCC(C)(C)c1ccc(C(=O)N(CCO)C2CC2)cc1. The molecule has 1 aliphatic carbocycles. The van der Waals surface area contributed by atoms with E-state index in [9.17, 15) is 4.79 Å². The van der Waals surface area contributed by atoms with Crippen molar-refractivity contribution in [2.45, 2.75) is 51.5 Å². The molecule has 2 rings (SSSR count). The Labute approximate surface area is 121 Å². The van der Waals surface area contributed by atoms with Crippen LogP contribution >= 0.6 is 0 Å². The summed E-state index contributed by atoms with van der Waals surface area (Å²) in [7, 11) is 0. The zero-order valence-electron chi connectivity index (χ0n) is 12.7. The fourth-order valence-electron chi connectivity index (χ4n) is 2.38. The minimum atomic E-state index is 0.0309. The van der Waals surface area contributed by atoms with Crippen molar-refractivity contribution in [1.29, 1.82) is 0 Å². The molecule has 0 atom stereocenters. The molecule has 0 heterocycles. The third-order valence-electron chi connectivity index (χ3n) is 4.39. The standard InChI is InChI=1S/C17H25NO2/c1-4-17(2,3)14-7-5-13(6-8-14)16(20)18(11-12-19)15-9-10-15/h5-8,15,19H,4,9-12H2,1-3H3. The van der Waals surface area contributed by atoms with E-state index in [-0.39, 0.29) is 17.9 Å². The van der Waals surface area contributed by atoms with Crippen LogP contribution in [0.1, 0.15) is 56.0 Å². The minimum Gasteiger partial charge on any atom is -0.395 e. The maximum absolute atomic E-state index is 12.5. The van der Waals surface area contributed by atoms with E-state index in [0.29, 0.717) is 12.6 Å². The molecule has 20 heavy (non-hydrogen) atoms. The molecule has 3 heteroatoms. The number of amides is 1. The van der Waals surface area contributed by atoms with Crippen LogP contribution < -0.4 is 0 Å². The van der Waals surface area contributed by atoms with Crippen LogP contribution in [-0.4, -0.2) is 35.1 Å². The monoisotopic (exact) mass is 275 g/mol. The van der Waals surface area contributed by atoms with Gasteiger partial charge in [-0.2, -0.15) is 0 Å². The minimum absolute atomic E-state index is 0.0309. The highest BCUT2D eigenvalue weighted by Gasteiger charge is 2.32. The van der Waals surface area contributed by atoms with E-state index in [1.807, 2.05) is 12.1 Å². The molecule has 0 spiro atoms. The van der Waals surface area contributed by atoms with E-state index >= 15 is 0 Å². The van der Waals surface area contributed by atoms with E-state index in [2.05, 4.69) is 32.9 Å². The average molecular weight is 275 g/mol. The van der Waals surface area contributed by atoms with Crippen molar-refractivity contribution in [2.24, 2.45) is 0 Å². The highest BCUT2D eigenvalue weighted by Crippen LogP contribution is 2.29. The molecular weight excluding hydrogens is 250 g/mol. The Morgan fingerprint density at radius 3 is 2.35 bits per heavy atom. The first-order chi connectivity index (χ1) is 9.49. The lowest BCUT2D eigenvalue weighted by Gasteiger charge is -2.24. The van der Waals surface area contributed by atoms with Crippen LogP contribution in [0.5, 0.6) is 0 Å². The topological polar surface area (TPSA) is 40.5 Å². The first kappa shape index (κ1) is 15.0. The predicted molar refractivity (Wildman–Crippen MR) is 80.9 cm³/mol. The molecule has 1 fully saturated rings. The second-order valence-corrected chi connectivity index (χ2v) is 6.27. The van der Waals surface area contributed by atoms with Gasteiger partial charge in [-0.05, 0) is 42.4 Å². The Hall–Kier alpha value is -1.35. The zero-order chi connectivity index (χ0) is 14.8. The van der Waals surface area contributed by atoms with Crippen molar-refractivity contribution in [3.63, 3.8) is 0 Å². The number of benzene rings is 1. The van der Waals surface area contributed by atoms with Gasteiger partial charge in [-0.3, -0.25) is 4.79 Å². The summed E-state index contributed by atoms with van der Waals surface area (Å²) in [4.78, 5) is 14.3. The summed E-state index contributed by atoms with van der Waals surface area (Å²) in [5, 5.41) is 9.10. The summed E-state index contributed by atoms with van der Waals surface area (Å²) in [6, 6.07) is 8.28. The second-order valence-electron chi connectivity index (χ2n) is 6.27. The molecule has 1 N–H and O–H groups in total. The molecule has 3 nitrogen and oxygen atoms in total. The molecular formula is C17H25NO2. The van der Waals surface area contributed by atoms with Gasteiger partial charge in [0.2, 0.25) is 0 Å². The maximum atomic E-state index is 12.5. The third kappa shape index (κ3) is 3.21. The number of rotatable bonds is 6. The van der Waals surface area contributed by atoms with Gasteiger partial charge in [0, 0.05) is 18.2 Å². The van der Waals surface area contributed by atoms with E-state index < -0.39 is 0 Å². The van der Waals surface area contributed by atoms with Crippen molar-refractivity contribution in [1.82, 2.24) is 4.90 Å². The van der Waals surface area contributed by atoms with Crippen molar-refractivity contribution in [2.75, 3.05) is 13.2 Å². The van der Waals surface area contributed by atoms with Gasteiger partial charge in [0.25, 0.3) is 5.91 Å². The van der Waals surface area contributed by atoms with Crippen molar-refractivity contribution in [3.05, 3.63) is 35.4 Å². The molecule has 0 bridgehead atoms. The summed E-state index contributed by atoms with van der Waals surface area (Å²) in [5.41, 5.74) is 2.13. The fourth-order valence-corrected chi connectivity index (χ4v) is 2.38. The smallest absolute Gasteiger partial charge is 0.254 e. The predicted octanol–water partition coefficient (Wildman–Crippen LogP) is 2.97. The van der Waals surface area contributed by atoms with Crippen LogP contribution in [0.2, 0.25) is 0 Å². The quantitative estimate of drug-likeness (QED) is 0.867. The lowest BCUT2D eigenvalue weighted by atomic mass is 9.82. The third-order valence-corrected chi connectivity index (χ3v) is 4.39. The maximum Gasteiger partial charge on any atom is 0.254 e. The van der Waals surface area contributed by atoms with Crippen LogP contribution in [0.4, 0.5) is 0 Å². The van der Waals surface area contributed by atoms with Gasteiger partial charge >= 0.3 is 0 Å². The Morgan fingerprint density at radius 1 is 1.30 bits per heavy atom. The molecule has 1 aromatic carbocycles. The first-order valence-electron chi connectivity index (χ1n) is 7.52. The van der Waals surface area contributed by atoms with E-state index in [1.54, 1.807) is 4.90 Å². The lowest BCUT2D eigenvalue weighted by molar-refractivity contribution is 0.0707. The summed E-state index contributed by atoms with van der Waals surface area (Å²) in [6.07, 6.45) is 3.19. The number of carbonyl (C=O) groups excluding carboxylic acids is 1. The zero-order valence-corrected chi connectivity index (χ0v) is 12.7. The van der Waals surface area contributed by atoms with Gasteiger partial charge in [-0.15, -0.1) is 0 Å². The molecule has 1 aromatic rings. The van der Waals surface area contributed by atoms with Gasteiger partial charge < -0.3 is 10.0 Å². The van der Waals surface area contributed by atoms with Crippen LogP contribution in [0, 0.1) is 0 Å². The Balaban J connectivity index is 2.14. The number of carbonyl (C=O) groups is 1. The second kappa shape index (κ2) is 5.96. The van der Waals surface area contributed by atoms with Crippen molar-refractivity contribution < 1.29 is 9.90 Å². The van der Waals surface area contributed by atoms with Crippen molar-refractivity contribution >= 4 is 5.91 Å². The highest BCUT2D eigenvalue weighted by atomic mass is 16.3. The van der Waals surface area contributed by atoms with Crippen LogP contribution in [-0.2, 0) is 5.41 Å². The Bertz CT molecular complexity index is 460. The summed E-state index contributed by atoms with van der Waals surface area (Å²) >= 11 is 0. The largest absolute Gasteiger partial charge is 0.395 e. The van der Waals surface area contributed by atoms with E-state index in [1.165, 1.54) is 5.56 Å². The van der Waals surface area contributed by atoms with Crippen LogP contribution in [0.15, 0.2) is 24.3 Å². The number of aliphatic hydroxyl groups is 1. The fraction of sp³-hybridized carbons (Fsp3) is 0.588. The molecule has 110 valence electrons. The molecule has 0 unspecified atom stereocenters. The highest BCUT2D eigenvalue weighted by molar-refractivity contribution is 5.94. The molecule has 0 saturated heterocycles. The van der Waals surface area contributed by atoms with Gasteiger partial charge in [0.15, 0.2) is 0 Å². The average Bonchev–Trinajstić information content (AvgIpc) is 3.29. The molecule has 0 aromatic heterocycles. The number of nitrogens with zero attached hydrogens (tertiary/aromatic N) is 1. The van der Waals surface area contributed by atoms with Crippen LogP contribution in [0.3, 0.4) is 0 Å². The van der Waals surface area contributed by atoms with Gasteiger partial charge in [0.05, 0.1) is 6.61 Å². The van der Waals surface area contributed by atoms with Gasteiger partial charge in [-0.1, -0.05) is 32.9 Å². The number of hydrogen-bond donors (Lipinski definition) is 1. The van der Waals surface area contributed by atoms with Gasteiger partial charge in [-0.25, -0.2) is 0 Å². The summed E-state index contributed by atoms with van der Waals surface area (Å²) in [5.74, 6) is 0.0439. The normalized spacial score (nSPS) is 15.2. The lowest BCUT2D eigenvalue weighted by Crippen LogP contribution is -2.35. The molecule has 1 amide bonds. The summed E-state index contributed by atoms with van der Waals surface area (Å²) < 4.78 is 0. The molecule has 1 saturated carbocycles. The van der Waals surface area contributed by atoms with Crippen LogP contribution in [0.25, 0.3) is 0 Å². The van der Waals surface area contributed by atoms with E-state index in [4.69, 9.17) is 5.11 Å². The summed E-state index contributed by atoms with van der Waals surface area (Å²) in [6.45, 7) is 7.07. The molecule has 1 aliphatic rings. The van der Waals surface area contributed by atoms with Gasteiger partial charge in [0.1, 0.15) is 0 Å². The Kier molecular flexibility index (Phi) is 4.48. The molecule has 0 radical (unpaired) electrons. The first-order valence-corrected chi connectivity index (χ1v) is 7.52. The molecule has 0 aliphatic heterocycles. The number of hydrogen-bond acceptors (Lipinski definition) is 2. The number of aliphatic hydroxyl groups excluding tert-OH is 1. The van der Waals surface area contributed by atoms with Crippen molar-refractivity contribution in [3.8, 4) is 0 Å². The van der Waals surface area contributed by atoms with E-state index in [0.717, 1.165) is 24.8 Å². The Morgan fingerprint density at radius 2 is 1.90 bits per heavy atom.